The molecule has 64 valence electrons. The molecule has 2 heterocycles. The van der Waals surface area contributed by atoms with Crippen LogP contribution in [0.25, 0.3) is 4.96 Å². The van der Waals surface area contributed by atoms with Crippen molar-refractivity contribution >= 4 is 16.3 Å². The van der Waals surface area contributed by atoms with Crippen LogP contribution >= 0.6 is 11.3 Å². The number of aliphatic hydroxyl groups excluding tert-OH is 1. The molecule has 0 spiro atoms. The quantitative estimate of drug-likeness (QED) is 0.729. The van der Waals surface area contributed by atoms with Crippen molar-refractivity contribution in [1.82, 2.24) is 9.38 Å². The first-order valence-electron chi connectivity index (χ1n) is 3.80. The highest BCUT2D eigenvalue weighted by Gasteiger charge is 2.13. The number of aromatic nitrogens is 2. The van der Waals surface area contributed by atoms with E-state index in [0.717, 1.165) is 16.3 Å². The van der Waals surface area contributed by atoms with E-state index in [1.807, 2.05) is 22.9 Å². The molecular formula is C8H10N2OS. The molecule has 1 N–H and O–H groups in total. The molecule has 0 aliphatic rings. The van der Waals surface area contributed by atoms with Gasteiger partial charge in [0.25, 0.3) is 0 Å². The lowest BCUT2D eigenvalue weighted by atomic mass is 10.2. The highest BCUT2D eigenvalue weighted by Crippen LogP contribution is 2.21. The molecule has 4 heteroatoms. The van der Waals surface area contributed by atoms with Crippen molar-refractivity contribution in [2.45, 2.75) is 20.0 Å². The Balaban J connectivity index is 2.76. The lowest BCUT2D eigenvalue weighted by Gasteiger charge is -2.02. The zero-order valence-corrected chi connectivity index (χ0v) is 7.80. The summed E-state index contributed by atoms with van der Waals surface area (Å²) < 4.78 is 1.94. The molecule has 2 aromatic rings. The van der Waals surface area contributed by atoms with E-state index in [2.05, 4.69) is 4.98 Å². The van der Waals surface area contributed by atoms with E-state index in [1.54, 1.807) is 18.3 Å². The van der Waals surface area contributed by atoms with Gasteiger partial charge in [0.15, 0.2) is 4.96 Å². The van der Waals surface area contributed by atoms with Crippen molar-refractivity contribution in [3.8, 4) is 0 Å². The zero-order valence-electron chi connectivity index (χ0n) is 6.98. The van der Waals surface area contributed by atoms with E-state index in [9.17, 15) is 5.11 Å². The van der Waals surface area contributed by atoms with Crippen LogP contribution in [0.2, 0.25) is 0 Å². The maximum atomic E-state index is 9.45. The number of fused-ring (bicyclic) bond motifs is 1. The predicted octanol–water partition coefficient (Wildman–Crippen LogP) is 1.76. The molecule has 0 bridgehead atoms. The SMILES string of the molecule is Cc1nc2sccn2c1[C@@H](C)O. The van der Waals surface area contributed by atoms with E-state index in [4.69, 9.17) is 0 Å². The number of hydrogen-bond acceptors (Lipinski definition) is 3. The molecule has 0 aliphatic carbocycles. The first kappa shape index (κ1) is 7.76. The minimum atomic E-state index is -0.449. The van der Waals surface area contributed by atoms with Crippen molar-refractivity contribution in [1.29, 1.82) is 0 Å². The maximum absolute atomic E-state index is 9.45. The highest BCUT2D eigenvalue weighted by molar-refractivity contribution is 7.15. The van der Waals surface area contributed by atoms with E-state index < -0.39 is 6.10 Å². The second-order valence-electron chi connectivity index (χ2n) is 2.81. The van der Waals surface area contributed by atoms with Gasteiger partial charge >= 0.3 is 0 Å². The fraction of sp³-hybridized carbons (Fsp3) is 0.375. The molecular weight excluding hydrogens is 172 g/mol. The van der Waals surface area contributed by atoms with Gasteiger partial charge in [-0.25, -0.2) is 4.98 Å². The number of hydrogen-bond donors (Lipinski definition) is 1. The number of aliphatic hydroxyl groups is 1. The summed E-state index contributed by atoms with van der Waals surface area (Å²) in [6.07, 6.45) is 1.48. The van der Waals surface area contributed by atoms with Gasteiger partial charge < -0.3 is 5.11 Å². The first-order valence-corrected chi connectivity index (χ1v) is 4.68. The largest absolute Gasteiger partial charge is 0.387 e. The molecule has 0 amide bonds. The monoisotopic (exact) mass is 182 g/mol. The maximum Gasteiger partial charge on any atom is 0.194 e. The van der Waals surface area contributed by atoms with Gasteiger partial charge in [-0.3, -0.25) is 4.40 Å². The van der Waals surface area contributed by atoms with Crippen molar-refractivity contribution in [3.63, 3.8) is 0 Å². The van der Waals surface area contributed by atoms with Crippen LogP contribution in [0, 0.1) is 6.92 Å². The number of imidazole rings is 1. The summed E-state index contributed by atoms with van der Waals surface area (Å²) in [4.78, 5) is 5.26. The highest BCUT2D eigenvalue weighted by atomic mass is 32.1. The van der Waals surface area contributed by atoms with Crippen LogP contribution < -0.4 is 0 Å². The van der Waals surface area contributed by atoms with Gasteiger partial charge in [-0.05, 0) is 13.8 Å². The van der Waals surface area contributed by atoms with E-state index in [1.165, 1.54) is 0 Å². The van der Waals surface area contributed by atoms with E-state index >= 15 is 0 Å². The lowest BCUT2D eigenvalue weighted by molar-refractivity contribution is 0.192. The van der Waals surface area contributed by atoms with Gasteiger partial charge in [-0.1, -0.05) is 0 Å². The molecule has 2 aromatic heterocycles. The summed E-state index contributed by atoms with van der Waals surface area (Å²) >= 11 is 1.58. The van der Waals surface area contributed by atoms with Gasteiger partial charge in [-0.2, -0.15) is 0 Å². The van der Waals surface area contributed by atoms with Crippen molar-refractivity contribution < 1.29 is 5.11 Å². The molecule has 12 heavy (non-hydrogen) atoms. The average molecular weight is 182 g/mol. The molecule has 0 radical (unpaired) electrons. The van der Waals surface area contributed by atoms with Crippen molar-refractivity contribution in [2.75, 3.05) is 0 Å². The van der Waals surface area contributed by atoms with Crippen molar-refractivity contribution in [3.05, 3.63) is 23.0 Å². The normalized spacial score (nSPS) is 13.9. The fourth-order valence-electron chi connectivity index (χ4n) is 1.41. The molecule has 0 aromatic carbocycles. The van der Waals surface area contributed by atoms with Gasteiger partial charge in [0, 0.05) is 11.6 Å². The first-order chi connectivity index (χ1) is 5.70. The molecule has 3 nitrogen and oxygen atoms in total. The Labute approximate surface area is 74.3 Å². The third-order valence-corrected chi connectivity index (χ3v) is 2.64. The van der Waals surface area contributed by atoms with Gasteiger partial charge in [-0.15, -0.1) is 11.3 Å². The molecule has 0 saturated carbocycles. The molecule has 1 atom stereocenters. The summed E-state index contributed by atoms with van der Waals surface area (Å²) in [5.74, 6) is 0. The number of rotatable bonds is 1. The Hall–Kier alpha value is -0.870. The summed E-state index contributed by atoms with van der Waals surface area (Å²) in [7, 11) is 0. The summed E-state index contributed by atoms with van der Waals surface area (Å²) in [6.45, 7) is 3.68. The Bertz CT molecular complexity index is 402. The number of aryl methyl sites for hydroxylation is 1. The molecule has 0 fully saturated rings. The van der Waals surface area contributed by atoms with Crippen LogP contribution in [-0.2, 0) is 0 Å². The van der Waals surface area contributed by atoms with Crippen LogP contribution in [0.4, 0.5) is 0 Å². The summed E-state index contributed by atoms with van der Waals surface area (Å²) in [5, 5.41) is 11.4. The third kappa shape index (κ3) is 0.956. The fourth-order valence-corrected chi connectivity index (χ4v) is 2.18. The summed E-state index contributed by atoms with van der Waals surface area (Å²) in [5.41, 5.74) is 1.81. The predicted molar refractivity (Wildman–Crippen MR) is 48.4 cm³/mol. The van der Waals surface area contributed by atoms with Crippen LogP contribution in [0.5, 0.6) is 0 Å². The topological polar surface area (TPSA) is 37.5 Å². The molecule has 2 rings (SSSR count). The molecule has 0 aliphatic heterocycles. The van der Waals surface area contributed by atoms with Crippen LogP contribution in [0.15, 0.2) is 11.6 Å². The Kier molecular flexibility index (Phi) is 1.66. The smallest absolute Gasteiger partial charge is 0.194 e. The minimum Gasteiger partial charge on any atom is -0.387 e. The van der Waals surface area contributed by atoms with Crippen LogP contribution in [0.1, 0.15) is 24.4 Å². The Morgan fingerprint density at radius 1 is 1.67 bits per heavy atom. The van der Waals surface area contributed by atoms with E-state index in [-0.39, 0.29) is 0 Å². The Morgan fingerprint density at radius 3 is 3.08 bits per heavy atom. The van der Waals surface area contributed by atoms with Crippen LogP contribution in [0.3, 0.4) is 0 Å². The average Bonchev–Trinajstić information content (AvgIpc) is 2.44. The summed E-state index contributed by atoms with van der Waals surface area (Å²) in [6, 6.07) is 0. The van der Waals surface area contributed by atoms with Crippen LogP contribution in [-0.4, -0.2) is 14.5 Å². The van der Waals surface area contributed by atoms with E-state index in [0.29, 0.717) is 0 Å². The standard InChI is InChI=1S/C8H10N2OS/c1-5-7(6(2)11)10-3-4-12-8(10)9-5/h3-4,6,11H,1-2H3/t6-/m1/s1. The minimum absolute atomic E-state index is 0.449. The number of thiazole rings is 1. The second-order valence-corrected chi connectivity index (χ2v) is 3.69. The van der Waals surface area contributed by atoms with Gasteiger partial charge in [0.1, 0.15) is 0 Å². The second kappa shape index (κ2) is 2.57. The van der Waals surface area contributed by atoms with Gasteiger partial charge in [0.05, 0.1) is 17.5 Å². The third-order valence-electron chi connectivity index (χ3n) is 1.88. The number of nitrogens with zero attached hydrogens (tertiary/aromatic N) is 2. The Morgan fingerprint density at radius 2 is 2.42 bits per heavy atom. The molecule has 0 unspecified atom stereocenters. The van der Waals surface area contributed by atoms with Gasteiger partial charge in [0.2, 0.25) is 0 Å². The van der Waals surface area contributed by atoms with Crippen molar-refractivity contribution in [2.24, 2.45) is 0 Å². The molecule has 0 saturated heterocycles. The zero-order chi connectivity index (χ0) is 8.72. The lowest BCUT2D eigenvalue weighted by Crippen LogP contribution is -1.97.